The predicted octanol–water partition coefficient (Wildman–Crippen LogP) is 7.07. The highest BCUT2D eigenvalue weighted by Gasteiger charge is 2.17. The zero-order chi connectivity index (χ0) is 21.2. The van der Waals surface area contributed by atoms with Gasteiger partial charge in [-0.25, -0.2) is 4.98 Å². The summed E-state index contributed by atoms with van der Waals surface area (Å²) in [7, 11) is 0. The molecule has 150 valence electrons. The molecule has 1 heterocycles. The van der Waals surface area contributed by atoms with E-state index in [4.69, 9.17) is 16.0 Å². The van der Waals surface area contributed by atoms with Crippen molar-refractivity contribution >= 4 is 34.0 Å². The van der Waals surface area contributed by atoms with Crippen LogP contribution in [0.4, 0.5) is 5.69 Å². The van der Waals surface area contributed by atoms with Crippen molar-refractivity contribution in [1.29, 1.82) is 0 Å². The normalized spacial score (nSPS) is 10.9. The number of rotatable bonds is 4. The zero-order valence-electron chi connectivity index (χ0n) is 16.4. The number of nitrogens with one attached hydrogen (secondary N) is 1. The van der Waals surface area contributed by atoms with Crippen LogP contribution in [-0.2, 0) is 0 Å². The minimum absolute atomic E-state index is 0.224. The SMILES string of the molecule is O=C(Nc1cccc2ccccc12)c1ccccc1-c1ncc(-c2ccc(Cl)cc2)o1. The monoisotopic (exact) mass is 424 g/mol. The molecule has 0 bridgehead atoms. The third kappa shape index (κ3) is 3.81. The van der Waals surface area contributed by atoms with Crippen LogP contribution in [0.1, 0.15) is 10.4 Å². The fraction of sp³-hybridized carbons (Fsp3) is 0. The number of benzene rings is 4. The predicted molar refractivity (Wildman–Crippen MR) is 124 cm³/mol. The van der Waals surface area contributed by atoms with E-state index in [0.29, 0.717) is 27.8 Å². The zero-order valence-corrected chi connectivity index (χ0v) is 17.1. The van der Waals surface area contributed by atoms with Gasteiger partial charge >= 0.3 is 0 Å². The van der Waals surface area contributed by atoms with Gasteiger partial charge in [0.1, 0.15) is 0 Å². The van der Waals surface area contributed by atoms with Crippen LogP contribution in [0.25, 0.3) is 33.6 Å². The van der Waals surface area contributed by atoms with Gasteiger partial charge in [-0.1, -0.05) is 60.1 Å². The minimum atomic E-state index is -0.224. The standard InChI is InChI=1S/C26H17ClN2O2/c27-19-14-12-18(13-15-19)24-16-28-26(31-24)22-10-4-3-9-21(22)25(30)29-23-11-5-7-17-6-1-2-8-20(17)23/h1-16H,(H,29,30). The summed E-state index contributed by atoms with van der Waals surface area (Å²) in [5, 5.41) is 5.73. The topological polar surface area (TPSA) is 55.1 Å². The number of carbonyl (C=O) groups is 1. The van der Waals surface area contributed by atoms with Crippen molar-refractivity contribution < 1.29 is 9.21 Å². The summed E-state index contributed by atoms with van der Waals surface area (Å²) in [5.74, 6) is 0.766. The molecule has 1 amide bonds. The van der Waals surface area contributed by atoms with Crippen LogP contribution >= 0.6 is 11.6 Å². The van der Waals surface area contributed by atoms with Gasteiger partial charge in [0.05, 0.1) is 11.8 Å². The van der Waals surface area contributed by atoms with E-state index in [1.165, 1.54) is 0 Å². The maximum Gasteiger partial charge on any atom is 0.256 e. The lowest BCUT2D eigenvalue weighted by molar-refractivity contribution is 0.102. The number of fused-ring (bicyclic) bond motifs is 1. The Kier molecular flexibility index (Phi) is 4.98. The number of halogens is 1. The lowest BCUT2D eigenvalue weighted by Crippen LogP contribution is -2.13. The van der Waals surface area contributed by atoms with Crippen LogP contribution < -0.4 is 5.32 Å². The van der Waals surface area contributed by atoms with E-state index in [-0.39, 0.29) is 5.91 Å². The van der Waals surface area contributed by atoms with Crippen LogP contribution in [0, 0.1) is 0 Å². The molecular formula is C26H17ClN2O2. The Bertz CT molecular complexity index is 1380. The smallest absolute Gasteiger partial charge is 0.256 e. The molecule has 0 fully saturated rings. The van der Waals surface area contributed by atoms with Crippen molar-refractivity contribution in [3.63, 3.8) is 0 Å². The first-order chi connectivity index (χ1) is 15.2. The third-order valence-corrected chi connectivity index (χ3v) is 5.33. The molecule has 31 heavy (non-hydrogen) atoms. The molecule has 0 aliphatic rings. The fourth-order valence-electron chi connectivity index (χ4n) is 3.54. The third-order valence-electron chi connectivity index (χ3n) is 5.07. The Labute approximate surface area is 184 Å². The Morgan fingerprint density at radius 3 is 2.45 bits per heavy atom. The van der Waals surface area contributed by atoms with Gasteiger partial charge in [0.25, 0.3) is 5.91 Å². The Balaban J connectivity index is 1.48. The number of oxazole rings is 1. The van der Waals surface area contributed by atoms with Crippen molar-refractivity contribution in [3.8, 4) is 22.8 Å². The molecule has 0 saturated carbocycles. The van der Waals surface area contributed by atoms with Crippen molar-refractivity contribution in [1.82, 2.24) is 4.98 Å². The first kappa shape index (κ1) is 19.1. The van der Waals surface area contributed by atoms with Gasteiger partial charge < -0.3 is 9.73 Å². The molecular weight excluding hydrogens is 408 g/mol. The van der Waals surface area contributed by atoms with Crippen LogP contribution in [-0.4, -0.2) is 10.9 Å². The number of nitrogens with zero attached hydrogens (tertiary/aromatic N) is 1. The second kappa shape index (κ2) is 8.09. The molecule has 0 unspecified atom stereocenters. The van der Waals surface area contributed by atoms with E-state index >= 15 is 0 Å². The molecule has 4 nitrogen and oxygen atoms in total. The van der Waals surface area contributed by atoms with Gasteiger partial charge in [-0.2, -0.15) is 0 Å². The van der Waals surface area contributed by atoms with Crippen LogP contribution in [0.15, 0.2) is 102 Å². The lowest BCUT2D eigenvalue weighted by Gasteiger charge is -2.10. The van der Waals surface area contributed by atoms with Gasteiger partial charge in [0.2, 0.25) is 5.89 Å². The molecule has 0 atom stereocenters. The molecule has 4 aromatic carbocycles. The Morgan fingerprint density at radius 2 is 1.58 bits per heavy atom. The number of anilines is 1. The minimum Gasteiger partial charge on any atom is -0.436 e. The second-order valence-electron chi connectivity index (χ2n) is 7.06. The summed E-state index contributed by atoms with van der Waals surface area (Å²) in [5.41, 5.74) is 2.73. The average molecular weight is 425 g/mol. The van der Waals surface area contributed by atoms with E-state index in [0.717, 1.165) is 22.0 Å². The average Bonchev–Trinajstić information content (AvgIpc) is 3.30. The summed E-state index contributed by atoms with van der Waals surface area (Å²) in [6.07, 6.45) is 1.65. The summed E-state index contributed by atoms with van der Waals surface area (Å²) in [4.78, 5) is 17.6. The van der Waals surface area contributed by atoms with Crippen LogP contribution in [0.5, 0.6) is 0 Å². The molecule has 5 rings (SSSR count). The molecule has 1 N–H and O–H groups in total. The number of hydrogen-bond donors (Lipinski definition) is 1. The molecule has 5 aromatic rings. The van der Waals surface area contributed by atoms with E-state index in [1.807, 2.05) is 72.8 Å². The Morgan fingerprint density at radius 1 is 0.839 bits per heavy atom. The second-order valence-corrected chi connectivity index (χ2v) is 7.50. The summed E-state index contributed by atoms with van der Waals surface area (Å²) >= 11 is 5.97. The number of carbonyl (C=O) groups excluding carboxylic acids is 1. The maximum absolute atomic E-state index is 13.2. The van der Waals surface area contributed by atoms with Gasteiger partial charge in [-0.05, 0) is 47.9 Å². The quantitative estimate of drug-likeness (QED) is 0.335. The molecule has 0 saturated heterocycles. The number of amides is 1. The Hall–Kier alpha value is -3.89. The largest absolute Gasteiger partial charge is 0.436 e. The molecule has 0 aliphatic carbocycles. The summed E-state index contributed by atoms with van der Waals surface area (Å²) < 4.78 is 5.97. The lowest BCUT2D eigenvalue weighted by atomic mass is 10.1. The highest BCUT2D eigenvalue weighted by atomic mass is 35.5. The molecule has 0 spiro atoms. The van der Waals surface area contributed by atoms with E-state index in [2.05, 4.69) is 10.3 Å². The van der Waals surface area contributed by atoms with Crippen molar-refractivity contribution in [2.24, 2.45) is 0 Å². The van der Waals surface area contributed by atoms with Crippen LogP contribution in [0.2, 0.25) is 5.02 Å². The first-order valence-electron chi connectivity index (χ1n) is 9.79. The van der Waals surface area contributed by atoms with Gasteiger partial charge in [0.15, 0.2) is 5.76 Å². The van der Waals surface area contributed by atoms with E-state index in [1.54, 1.807) is 24.4 Å². The summed E-state index contributed by atoms with van der Waals surface area (Å²) in [6.45, 7) is 0. The number of aromatic nitrogens is 1. The van der Waals surface area contributed by atoms with Crippen molar-refractivity contribution in [2.45, 2.75) is 0 Å². The van der Waals surface area contributed by atoms with E-state index < -0.39 is 0 Å². The molecule has 5 heteroatoms. The van der Waals surface area contributed by atoms with Crippen molar-refractivity contribution in [2.75, 3.05) is 5.32 Å². The van der Waals surface area contributed by atoms with Gasteiger partial charge in [-0.3, -0.25) is 4.79 Å². The first-order valence-corrected chi connectivity index (χ1v) is 10.2. The highest BCUT2D eigenvalue weighted by Crippen LogP contribution is 2.30. The molecule has 0 radical (unpaired) electrons. The van der Waals surface area contributed by atoms with Crippen LogP contribution in [0.3, 0.4) is 0 Å². The van der Waals surface area contributed by atoms with Crippen molar-refractivity contribution in [3.05, 3.63) is 108 Å². The fourth-order valence-corrected chi connectivity index (χ4v) is 3.66. The maximum atomic E-state index is 13.2. The molecule has 0 aliphatic heterocycles. The summed E-state index contributed by atoms with van der Waals surface area (Å²) in [6, 6.07) is 28.4. The molecule has 1 aromatic heterocycles. The van der Waals surface area contributed by atoms with Gasteiger partial charge in [-0.15, -0.1) is 0 Å². The highest BCUT2D eigenvalue weighted by molar-refractivity contribution is 6.30. The van der Waals surface area contributed by atoms with E-state index in [9.17, 15) is 4.79 Å². The number of hydrogen-bond acceptors (Lipinski definition) is 3. The van der Waals surface area contributed by atoms with Gasteiger partial charge in [0, 0.05) is 27.2 Å².